The van der Waals surface area contributed by atoms with Crippen LogP contribution in [0.1, 0.15) is 18.9 Å². The summed E-state index contributed by atoms with van der Waals surface area (Å²) in [5.74, 6) is 1.60. The third-order valence-electron chi connectivity index (χ3n) is 2.66. The number of hydrogen-bond acceptors (Lipinski definition) is 2. The van der Waals surface area contributed by atoms with Gasteiger partial charge >= 0.3 is 0 Å². The monoisotopic (exact) mass is 252 g/mol. The van der Waals surface area contributed by atoms with Gasteiger partial charge < -0.3 is 9.53 Å². The fourth-order valence-electron chi connectivity index (χ4n) is 1.77. The Kier molecular flexibility index (Phi) is 4.51. The minimum atomic E-state index is 0.462. The molecule has 0 N–H and O–H groups in total. The fraction of sp³-hybridized carbons (Fsp3) is 0.118. The van der Waals surface area contributed by atoms with Crippen molar-refractivity contribution in [2.75, 3.05) is 0 Å². The molecule has 96 valence electrons. The average molecular weight is 252 g/mol. The van der Waals surface area contributed by atoms with Crippen LogP contribution in [-0.4, -0.2) is 6.29 Å². The van der Waals surface area contributed by atoms with Crippen LogP contribution in [0.5, 0.6) is 11.5 Å². The van der Waals surface area contributed by atoms with Crippen LogP contribution in [0.25, 0.3) is 6.08 Å². The largest absolute Gasteiger partial charge is 0.457 e. The van der Waals surface area contributed by atoms with Gasteiger partial charge in [-0.25, -0.2) is 0 Å². The lowest BCUT2D eigenvalue weighted by Crippen LogP contribution is -1.85. The summed E-state index contributed by atoms with van der Waals surface area (Å²) in [4.78, 5) is 10.4. The standard InChI is InChI=1S/C17H16O2/c1-14(10-11-18)12-15-6-5-9-17(13-15)19-16-7-3-2-4-8-16/h2-9,11-13H,10H2,1H3. The Morgan fingerprint density at radius 2 is 1.79 bits per heavy atom. The first-order valence-electron chi connectivity index (χ1n) is 6.22. The number of carbonyl (C=O) groups is 1. The van der Waals surface area contributed by atoms with Crippen molar-refractivity contribution in [2.45, 2.75) is 13.3 Å². The molecule has 0 heterocycles. The highest BCUT2D eigenvalue weighted by molar-refractivity contribution is 5.62. The van der Waals surface area contributed by atoms with E-state index < -0.39 is 0 Å². The van der Waals surface area contributed by atoms with E-state index >= 15 is 0 Å². The number of carbonyl (C=O) groups excluding carboxylic acids is 1. The lowest BCUT2D eigenvalue weighted by Gasteiger charge is -2.06. The Labute approximate surface area is 113 Å². The summed E-state index contributed by atoms with van der Waals surface area (Å²) in [5.41, 5.74) is 2.07. The van der Waals surface area contributed by atoms with Crippen LogP contribution in [0.2, 0.25) is 0 Å². The van der Waals surface area contributed by atoms with E-state index in [0.29, 0.717) is 6.42 Å². The van der Waals surface area contributed by atoms with Gasteiger partial charge in [0.2, 0.25) is 0 Å². The van der Waals surface area contributed by atoms with Gasteiger partial charge in [-0.3, -0.25) is 0 Å². The van der Waals surface area contributed by atoms with Crippen molar-refractivity contribution < 1.29 is 9.53 Å². The van der Waals surface area contributed by atoms with Crippen LogP contribution >= 0.6 is 0 Å². The Balaban J connectivity index is 2.15. The zero-order valence-electron chi connectivity index (χ0n) is 10.9. The molecule has 19 heavy (non-hydrogen) atoms. The van der Waals surface area contributed by atoms with Gasteiger partial charge in [0, 0.05) is 6.42 Å². The zero-order valence-corrected chi connectivity index (χ0v) is 10.9. The van der Waals surface area contributed by atoms with E-state index in [0.717, 1.165) is 28.9 Å². The molecule has 0 aliphatic rings. The molecule has 2 rings (SSSR count). The molecular formula is C17H16O2. The molecule has 0 aliphatic heterocycles. The molecule has 2 heteroatoms. The average Bonchev–Trinajstić information content (AvgIpc) is 2.40. The van der Waals surface area contributed by atoms with E-state index in [1.807, 2.05) is 67.6 Å². The second-order valence-corrected chi connectivity index (χ2v) is 4.35. The summed E-state index contributed by atoms with van der Waals surface area (Å²) in [6.45, 7) is 1.94. The van der Waals surface area contributed by atoms with Gasteiger partial charge in [-0.2, -0.15) is 0 Å². The summed E-state index contributed by atoms with van der Waals surface area (Å²) in [7, 11) is 0. The molecule has 2 aromatic rings. The molecule has 2 nitrogen and oxygen atoms in total. The number of ether oxygens (including phenoxy) is 1. The molecule has 0 spiro atoms. The summed E-state index contributed by atoms with van der Waals surface area (Å²) in [6, 6.07) is 17.5. The fourth-order valence-corrected chi connectivity index (χ4v) is 1.77. The number of allylic oxidation sites excluding steroid dienone is 1. The molecule has 2 aromatic carbocycles. The highest BCUT2D eigenvalue weighted by Gasteiger charge is 1.98. The highest BCUT2D eigenvalue weighted by atomic mass is 16.5. The maximum absolute atomic E-state index is 10.4. The lowest BCUT2D eigenvalue weighted by atomic mass is 10.1. The number of para-hydroxylation sites is 1. The first-order chi connectivity index (χ1) is 9.28. The van der Waals surface area contributed by atoms with E-state index in [2.05, 4.69) is 0 Å². The molecule has 0 aromatic heterocycles. The van der Waals surface area contributed by atoms with Gasteiger partial charge in [0.1, 0.15) is 17.8 Å². The highest BCUT2D eigenvalue weighted by Crippen LogP contribution is 2.22. The van der Waals surface area contributed by atoms with Crippen LogP contribution in [0.3, 0.4) is 0 Å². The van der Waals surface area contributed by atoms with Crippen molar-refractivity contribution in [1.82, 2.24) is 0 Å². The van der Waals surface area contributed by atoms with Crippen molar-refractivity contribution in [3.05, 3.63) is 65.7 Å². The quantitative estimate of drug-likeness (QED) is 0.734. The summed E-state index contributed by atoms with van der Waals surface area (Å²) >= 11 is 0. The SMILES string of the molecule is CC(=Cc1cccc(Oc2ccccc2)c1)CC=O. The van der Waals surface area contributed by atoms with Crippen LogP contribution < -0.4 is 4.74 Å². The third-order valence-corrected chi connectivity index (χ3v) is 2.66. The molecule has 0 atom stereocenters. The first-order valence-corrected chi connectivity index (χ1v) is 6.22. The second kappa shape index (κ2) is 6.55. The van der Waals surface area contributed by atoms with Crippen molar-refractivity contribution in [3.63, 3.8) is 0 Å². The summed E-state index contributed by atoms with van der Waals surface area (Å²) in [6.07, 6.45) is 3.37. The summed E-state index contributed by atoms with van der Waals surface area (Å²) < 4.78 is 5.76. The molecule has 0 bridgehead atoms. The number of benzene rings is 2. The van der Waals surface area contributed by atoms with E-state index in [4.69, 9.17) is 4.74 Å². The molecule has 0 saturated carbocycles. The van der Waals surface area contributed by atoms with Crippen molar-refractivity contribution in [2.24, 2.45) is 0 Å². The predicted molar refractivity (Wildman–Crippen MR) is 77.3 cm³/mol. The maximum Gasteiger partial charge on any atom is 0.128 e. The normalized spacial score (nSPS) is 11.1. The van der Waals surface area contributed by atoms with Crippen LogP contribution in [0.15, 0.2) is 60.2 Å². The van der Waals surface area contributed by atoms with Crippen LogP contribution in [0, 0.1) is 0 Å². The van der Waals surface area contributed by atoms with Crippen molar-refractivity contribution in [3.8, 4) is 11.5 Å². The molecular weight excluding hydrogens is 236 g/mol. The second-order valence-electron chi connectivity index (χ2n) is 4.35. The lowest BCUT2D eigenvalue weighted by molar-refractivity contribution is -0.107. The molecule has 0 saturated heterocycles. The van der Waals surface area contributed by atoms with E-state index in [1.54, 1.807) is 0 Å². The van der Waals surface area contributed by atoms with E-state index in [1.165, 1.54) is 0 Å². The Morgan fingerprint density at radius 3 is 2.53 bits per heavy atom. The molecule has 0 radical (unpaired) electrons. The van der Waals surface area contributed by atoms with Gasteiger partial charge in [0.05, 0.1) is 0 Å². The van der Waals surface area contributed by atoms with Crippen molar-refractivity contribution in [1.29, 1.82) is 0 Å². The number of hydrogen-bond donors (Lipinski definition) is 0. The van der Waals surface area contributed by atoms with Gasteiger partial charge in [0.25, 0.3) is 0 Å². The molecule has 0 unspecified atom stereocenters. The van der Waals surface area contributed by atoms with E-state index in [-0.39, 0.29) is 0 Å². The number of rotatable bonds is 5. The van der Waals surface area contributed by atoms with Gasteiger partial charge in [0.15, 0.2) is 0 Å². The topological polar surface area (TPSA) is 26.3 Å². The van der Waals surface area contributed by atoms with Gasteiger partial charge in [-0.05, 0) is 36.8 Å². The predicted octanol–water partition coefficient (Wildman–Crippen LogP) is 4.47. The third kappa shape index (κ3) is 4.11. The van der Waals surface area contributed by atoms with E-state index in [9.17, 15) is 4.79 Å². The Bertz CT molecular complexity index is 571. The minimum absolute atomic E-state index is 0.462. The number of aldehydes is 1. The van der Waals surface area contributed by atoms with Crippen molar-refractivity contribution >= 4 is 12.4 Å². The smallest absolute Gasteiger partial charge is 0.128 e. The maximum atomic E-state index is 10.4. The zero-order chi connectivity index (χ0) is 13.5. The van der Waals surface area contributed by atoms with Crippen LogP contribution in [0.4, 0.5) is 0 Å². The molecule has 0 fully saturated rings. The minimum Gasteiger partial charge on any atom is -0.457 e. The molecule has 0 amide bonds. The summed E-state index contributed by atoms with van der Waals surface area (Å²) in [5, 5.41) is 0. The first kappa shape index (κ1) is 13.1. The van der Waals surface area contributed by atoms with Gasteiger partial charge in [-0.1, -0.05) is 42.0 Å². The van der Waals surface area contributed by atoms with Crippen LogP contribution in [-0.2, 0) is 4.79 Å². The Morgan fingerprint density at radius 1 is 1.05 bits per heavy atom. The molecule has 0 aliphatic carbocycles. The van der Waals surface area contributed by atoms with Gasteiger partial charge in [-0.15, -0.1) is 0 Å². The Hall–Kier alpha value is -2.35.